The molecule has 5 heteroatoms. The quantitative estimate of drug-likeness (QED) is 0.646. The molecule has 2 aromatic rings. The Hall–Kier alpha value is -1.95. The second-order valence-electron chi connectivity index (χ2n) is 4.64. The predicted molar refractivity (Wildman–Crippen MR) is 83.7 cm³/mol. The van der Waals surface area contributed by atoms with E-state index in [0.717, 1.165) is 0 Å². The van der Waals surface area contributed by atoms with Crippen LogP contribution in [-0.4, -0.2) is 11.3 Å². The Morgan fingerprint density at radius 1 is 0.750 bits per heavy atom. The molecular formula is C15H16N4S. The van der Waals surface area contributed by atoms with E-state index in [2.05, 4.69) is 70.2 Å². The van der Waals surface area contributed by atoms with Crippen molar-refractivity contribution in [3.63, 3.8) is 0 Å². The monoisotopic (exact) mass is 284 g/mol. The molecule has 102 valence electrons. The van der Waals surface area contributed by atoms with Crippen molar-refractivity contribution < 1.29 is 0 Å². The van der Waals surface area contributed by atoms with Gasteiger partial charge in [-0.2, -0.15) is 0 Å². The molecule has 0 bridgehead atoms. The third-order valence-electron chi connectivity index (χ3n) is 3.33. The first-order valence-corrected chi connectivity index (χ1v) is 6.92. The lowest BCUT2D eigenvalue weighted by atomic mass is 9.89. The largest absolute Gasteiger partial charge is 0.296 e. The summed E-state index contributed by atoms with van der Waals surface area (Å²) in [5, 5.41) is 0.543. The number of hydrogen-bond acceptors (Lipinski definition) is 3. The normalized spacial score (nSPS) is 15.8. The Morgan fingerprint density at radius 3 is 1.65 bits per heavy atom. The van der Waals surface area contributed by atoms with Crippen LogP contribution < -0.4 is 21.7 Å². The summed E-state index contributed by atoms with van der Waals surface area (Å²) in [6.45, 7) is 0. The lowest BCUT2D eigenvalue weighted by molar-refractivity contribution is 0.325. The molecule has 20 heavy (non-hydrogen) atoms. The van der Waals surface area contributed by atoms with Gasteiger partial charge >= 0.3 is 0 Å². The van der Waals surface area contributed by atoms with Crippen LogP contribution in [0.1, 0.15) is 17.0 Å². The van der Waals surface area contributed by atoms with Gasteiger partial charge in [-0.1, -0.05) is 60.7 Å². The van der Waals surface area contributed by atoms with Crippen LogP contribution in [0.15, 0.2) is 60.7 Å². The van der Waals surface area contributed by atoms with Crippen molar-refractivity contribution in [3.05, 3.63) is 71.8 Å². The molecule has 1 aliphatic heterocycles. The lowest BCUT2D eigenvalue weighted by Crippen LogP contribution is -2.67. The van der Waals surface area contributed by atoms with Gasteiger partial charge in [0.2, 0.25) is 0 Å². The predicted octanol–water partition coefficient (Wildman–Crippen LogP) is 1.63. The molecular weight excluding hydrogens is 268 g/mol. The fourth-order valence-corrected chi connectivity index (χ4v) is 2.54. The van der Waals surface area contributed by atoms with Gasteiger partial charge in [0, 0.05) is 5.92 Å². The molecule has 1 saturated heterocycles. The summed E-state index contributed by atoms with van der Waals surface area (Å²) in [6, 6.07) is 20.8. The molecule has 1 heterocycles. The van der Waals surface area contributed by atoms with Crippen molar-refractivity contribution in [1.29, 1.82) is 0 Å². The van der Waals surface area contributed by atoms with E-state index in [9.17, 15) is 0 Å². The van der Waals surface area contributed by atoms with E-state index >= 15 is 0 Å². The van der Waals surface area contributed by atoms with E-state index < -0.39 is 0 Å². The van der Waals surface area contributed by atoms with Gasteiger partial charge in [-0.25, -0.2) is 10.9 Å². The molecule has 0 spiro atoms. The van der Waals surface area contributed by atoms with E-state index in [1.807, 2.05) is 12.1 Å². The third kappa shape index (κ3) is 2.80. The van der Waals surface area contributed by atoms with Gasteiger partial charge in [0.25, 0.3) is 0 Å². The summed E-state index contributed by atoms with van der Waals surface area (Å²) in [5.41, 5.74) is 14.8. The van der Waals surface area contributed by atoms with E-state index in [1.54, 1.807) is 0 Å². The second-order valence-corrected chi connectivity index (χ2v) is 5.05. The first-order chi connectivity index (χ1) is 9.84. The molecule has 0 amide bonds. The minimum absolute atomic E-state index is 0.00787. The minimum atomic E-state index is -0.00787. The van der Waals surface area contributed by atoms with Crippen LogP contribution in [-0.2, 0) is 0 Å². The molecule has 2 aromatic carbocycles. The van der Waals surface area contributed by atoms with Gasteiger partial charge in [0.1, 0.15) is 6.17 Å². The molecule has 4 nitrogen and oxygen atoms in total. The van der Waals surface area contributed by atoms with Gasteiger partial charge in [0.15, 0.2) is 5.11 Å². The maximum atomic E-state index is 5.03. The van der Waals surface area contributed by atoms with Crippen LogP contribution in [0.25, 0.3) is 0 Å². The molecule has 0 aliphatic carbocycles. The van der Waals surface area contributed by atoms with Crippen molar-refractivity contribution >= 4 is 17.3 Å². The van der Waals surface area contributed by atoms with Crippen LogP contribution in [0, 0.1) is 0 Å². The molecule has 3 rings (SSSR count). The number of hydrazine groups is 2. The molecule has 0 saturated carbocycles. The van der Waals surface area contributed by atoms with Crippen LogP contribution in [0.2, 0.25) is 0 Å². The fourth-order valence-electron chi connectivity index (χ4n) is 2.42. The van der Waals surface area contributed by atoms with Crippen molar-refractivity contribution in [2.75, 3.05) is 0 Å². The van der Waals surface area contributed by atoms with Crippen LogP contribution in [0.3, 0.4) is 0 Å². The Kier molecular flexibility index (Phi) is 3.92. The third-order valence-corrected chi connectivity index (χ3v) is 3.54. The van der Waals surface area contributed by atoms with Crippen LogP contribution >= 0.6 is 12.2 Å². The Morgan fingerprint density at radius 2 is 1.20 bits per heavy atom. The van der Waals surface area contributed by atoms with Crippen molar-refractivity contribution in [2.45, 2.75) is 12.1 Å². The second kappa shape index (κ2) is 6.00. The summed E-state index contributed by atoms with van der Waals surface area (Å²) in [6.07, 6.45) is -0.00787. The molecule has 1 fully saturated rings. The lowest BCUT2D eigenvalue weighted by Gasteiger charge is -2.34. The van der Waals surface area contributed by atoms with E-state index in [4.69, 9.17) is 12.2 Å². The highest BCUT2D eigenvalue weighted by Crippen LogP contribution is 2.26. The zero-order valence-corrected chi connectivity index (χ0v) is 11.7. The zero-order valence-electron chi connectivity index (χ0n) is 10.8. The van der Waals surface area contributed by atoms with E-state index in [1.165, 1.54) is 11.1 Å². The van der Waals surface area contributed by atoms with E-state index in [-0.39, 0.29) is 12.1 Å². The average Bonchev–Trinajstić information content (AvgIpc) is 2.52. The van der Waals surface area contributed by atoms with E-state index in [0.29, 0.717) is 5.11 Å². The summed E-state index contributed by atoms with van der Waals surface area (Å²) >= 11 is 5.03. The van der Waals surface area contributed by atoms with Crippen molar-refractivity contribution in [2.24, 2.45) is 0 Å². The Balaban J connectivity index is 1.94. The van der Waals surface area contributed by atoms with Crippen molar-refractivity contribution in [1.82, 2.24) is 21.7 Å². The minimum Gasteiger partial charge on any atom is -0.296 e. The van der Waals surface area contributed by atoms with Crippen LogP contribution in [0.4, 0.5) is 0 Å². The molecule has 1 aliphatic rings. The first kappa shape index (κ1) is 13.1. The maximum Gasteiger partial charge on any atom is 0.195 e. The number of benzene rings is 2. The smallest absolute Gasteiger partial charge is 0.195 e. The Labute approximate surface area is 123 Å². The molecule has 0 unspecified atom stereocenters. The van der Waals surface area contributed by atoms with Gasteiger partial charge in [-0.05, 0) is 23.3 Å². The summed E-state index contributed by atoms with van der Waals surface area (Å²) in [5.74, 6) is 0.167. The topological polar surface area (TPSA) is 48.1 Å². The molecule has 4 N–H and O–H groups in total. The fraction of sp³-hybridized carbons (Fsp3) is 0.133. The molecule has 0 atom stereocenters. The molecule has 0 aromatic heterocycles. The number of rotatable bonds is 3. The Bertz CT molecular complexity index is 523. The SMILES string of the molecule is S=C1NNC(C(c2ccccc2)c2ccccc2)NN1. The summed E-state index contributed by atoms with van der Waals surface area (Å²) in [4.78, 5) is 0. The van der Waals surface area contributed by atoms with Gasteiger partial charge < -0.3 is 0 Å². The zero-order chi connectivity index (χ0) is 13.8. The standard InChI is InChI=1S/C15H16N4S/c20-15-18-16-14(17-19-15)13(11-7-3-1-4-8-11)12-9-5-2-6-10-12/h1-10,13-14,16-17H,(H2,18,19,20). The highest BCUT2D eigenvalue weighted by molar-refractivity contribution is 7.80. The van der Waals surface area contributed by atoms with Crippen molar-refractivity contribution in [3.8, 4) is 0 Å². The first-order valence-electron chi connectivity index (χ1n) is 6.51. The van der Waals surface area contributed by atoms with Crippen LogP contribution in [0.5, 0.6) is 0 Å². The van der Waals surface area contributed by atoms with Gasteiger partial charge in [-0.3, -0.25) is 10.9 Å². The summed E-state index contributed by atoms with van der Waals surface area (Å²) < 4.78 is 0. The number of thiocarbonyl (C=S) groups is 1. The number of nitrogens with one attached hydrogen (secondary N) is 4. The van der Waals surface area contributed by atoms with Gasteiger partial charge in [0.05, 0.1) is 0 Å². The summed E-state index contributed by atoms with van der Waals surface area (Å²) in [7, 11) is 0. The average molecular weight is 284 g/mol. The van der Waals surface area contributed by atoms with Gasteiger partial charge in [-0.15, -0.1) is 0 Å². The number of hydrogen-bond donors (Lipinski definition) is 4. The highest BCUT2D eigenvalue weighted by Gasteiger charge is 2.27. The molecule has 0 radical (unpaired) electrons. The maximum absolute atomic E-state index is 5.03. The highest BCUT2D eigenvalue weighted by atomic mass is 32.1.